The molecule has 1 nitrogen and oxygen atoms in total. The van der Waals surface area contributed by atoms with Crippen LogP contribution < -0.4 is 5.73 Å². The monoisotopic (exact) mass is 311 g/mol. The van der Waals surface area contributed by atoms with Crippen molar-refractivity contribution >= 4 is 23.5 Å². The number of hydrogen-bond acceptors (Lipinski definition) is 3. The zero-order valence-corrected chi connectivity index (χ0v) is 12.7. The van der Waals surface area contributed by atoms with Gasteiger partial charge in [-0.3, -0.25) is 0 Å². The maximum absolute atomic E-state index is 13.2. The minimum atomic E-state index is -0.830. The van der Waals surface area contributed by atoms with Crippen LogP contribution in [0, 0.1) is 11.6 Å². The molecule has 0 bridgehead atoms. The van der Waals surface area contributed by atoms with Crippen LogP contribution in [0.15, 0.2) is 51.1 Å². The lowest BCUT2D eigenvalue weighted by Crippen LogP contribution is -2.00. The lowest BCUT2D eigenvalue weighted by Gasteiger charge is -2.12. The van der Waals surface area contributed by atoms with Gasteiger partial charge in [-0.1, -0.05) is 24.8 Å². The van der Waals surface area contributed by atoms with Crippen molar-refractivity contribution in [3.05, 3.63) is 53.6 Å². The highest BCUT2D eigenvalue weighted by Gasteiger charge is 2.10. The predicted octanol–water partition coefficient (Wildman–Crippen LogP) is 4.69. The highest BCUT2D eigenvalue weighted by molar-refractivity contribution is 8.00. The molecule has 0 unspecified atom stereocenters. The Kier molecular flexibility index (Phi) is 5.46. The Balaban J connectivity index is 2.32. The SMILES string of the molecule is CCSc1cccc(Sc2ccc(F)c(F)c2)c1CN. The molecule has 0 spiro atoms. The Bertz CT molecular complexity index is 602. The van der Waals surface area contributed by atoms with Gasteiger partial charge in [-0.25, -0.2) is 8.78 Å². The zero-order chi connectivity index (χ0) is 14.5. The first-order chi connectivity index (χ1) is 9.65. The van der Waals surface area contributed by atoms with E-state index < -0.39 is 11.6 Å². The Labute approximate surface area is 126 Å². The molecule has 0 amide bonds. The van der Waals surface area contributed by atoms with Crippen molar-refractivity contribution in [3.8, 4) is 0 Å². The Morgan fingerprint density at radius 2 is 1.80 bits per heavy atom. The molecule has 2 aromatic rings. The summed E-state index contributed by atoms with van der Waals surface area (Å²) in [6.07, 6.45) is 0. The van der Waals surface area contributed by atoms with Gasteiger partial charge in [0.25, 0.3) is 0 Å². The van der Waals surface area contributed by atoms with Gasteiger partial charge >= 0.3 is 0 Å². The van der Waals surface area contributed by atoms with Gasteiger partial charge in [0, 0.05) is 21.2 Å². The van der Waals surface area contributed by atoms with E-state index in [1.54, 1.807) is 17.8 Å². The minimum absolute atomic E-state index is 0.426. The highest BCUT2D eigenvalue weighted by Crippen LogP contribution is 2.35. The average Bonchev–Trinajstić information content (AvgIpc) is 2.44. The molecule has 0 saturated heterocycles. The predicted molar refractivity (Wildman–Crippen MR) is 81.2 cm³/mol. The summed E-state index contributed by atoms with van der Waals surface area (Å²) >= 11 is 3.13. The lowest BCUT2D eigenvalue weighted by atomic mass is 10.2. The van der Waals surface area contributed by atoms with Gasteiger partial charge in [0.1, 0.15) is 0 Å². The fourth-order valence-corrected chi connectivity index (χ4v) is 3.73. The Hall–Kier alpha value is -1.04. The van der Waals surface area contributed by atoms with E-state index >= 15 is 0 Å². The largest absolute Gasteiger partial charge is 0.326 e. The molecule has 0 aliphatic rings. The molecule has 0 atom stereocenters. The number of rotatable bonds is 5. The van der Waals surface area contributed by atoms with E-state index in [9.17, 15) is 8.78 Å². The van der Waals surface area contributed by atoms with Gasteiger partial charge in [-0.2, -0.15) is 0 Å². The topological polar surface area (TPSA) is 26.0 Å². The van der Waals surface area contributed by atoms with E-state index in [1.807, 2.05) is 18.2 Å². The fourth-order valence-electron chi connectivity index (χ4n) is 1.80. The molecular weight excluding hydrogens is 296 g/mol. The summed E-state index contributed by atoms with van der Waals surface area (Å²) in [5, 5.41) is 0. The summed E-state index contributed by atoms with van der Waals surface area (Å²) in [6, 6.07) is 9.87. The third-order valence-electron chi connectivity index (χ3n) is 2.71. The molecule has 0 aliphatic heterocycles. The Morgan fingerprint density at radius 1 is 1.05 bits per heavy atom. The van der Waals surface area contributed by atoms with Gasteiger partial charge in [-0.15, -0.1) is 11.8 Å². The molecule has 0 aliphatic carbocycles. The van der Waals surface area contributed by atoms with Crippen molar-refractivity contribution in [2.24, 2.45) is 5.73 Å². The summed E-state index contributed by atoms with van der Waals surface area (Å²) < 4.78 is 26.2. The number of thioether (sulfide) groups is 1. The molecule has 2 N–H and O–H groups in total. The maximum Gasteiger partial charge on any atom is 0.159 e. The number of hydrogen-bond donors (Lipinski definition) is 1. The van der Waals surface area contributed by atoms with Crippen molar-refractivity contribution in [1.82, 2.24) is 0 Å². The van der Waals surface area contributed by atoms with Crippen molar-refractivity contribution in [2.75, 3.05) is 5.75 Å². The molecule has 0 radical (unpaired) electrons. The number of halogens is 2. The molecule has 0 fully saturated rings. The second-order valence-corrected chi connectivity index (χ2v) is 6.47. The van der Waals surface area contributed by atoms with Gasteiger partial charge in [0.2, 0.25) is 0 Å². The first kappa shape index (κ1) is 15.4. The maximum atomic E-state index is 13.2. The summed E-state index contributed by atoms with van der Waals surface area (Å²) in [5.74, 6) is -0.696. The number of benzene rings is 2. The van der Waals surface area contributed by atoms with E-state index in [1.165, 1.54) is 17.8 Å². The molecule has 0 heterocycles. The van der Waals surface area contributed by atoms with Crippen LogP contribution in [0.4, 0.5) is 8.78 Å². The van der Waals surface area contributed by atoms with Crippen LogP contribution >= 0.6 is 23.5 Å². The molecule has 5 heteroatoms. The third-order valence-corrected chi connectivity index (χ3v) is 4.79. The first-order valence-corrected chi connectivity index (χ1v) is 8.03. The molecule has 20 heavy (non-hydrogen) atoms. The molecule has 0 aromatic heterocycles. The van der Waals surface area contributed by atoms with Crippen LogP contribution in [0.1, 0.15) is 12.5 Å². The second-order valence-electron chi connectivity index (χ2n) is 4.05. The van der Waals surface area contributed by atoms with Crippen LogP contribution in [-0.2, 0) is 6.54 Å². The van der Waals surface area contributed by atoms with Gasteiger partial charge < -0.3 is 5.73 Å². The quantitative estimate of drug-likeness (QED) is 0.812. The van der Waals surface area contributed by atoms with Crippen LogP contribution in [0.3, 0.4) is 0 Å². The standard InChI is InChI=1S/C15H15F2NS2/c1-2-19-14-4-3-5-15(11(14)9-18)20-10-6-7-12(16)13(17)8-10/h3-8H,2,9,18H2,1H3. The van der Waals surface area contributed by atoms with E-state index in [4.69, 9.17) is 5.73 Å². The fraction of sp³-hybridized carbons (Fsp3) is 0.200. The van der Waals surface area contributed by atoms with Crippen LogP contribution in [0.25, 0.3) is 0 Å². The van der Waals surface area contributed by atoms with Gasteiger partial charge in [0.05, 0.1) is 0 Å². The molecule has 2 rings (SSSR count). The Morgan fingerprint density at radius 3 is 2.45 bits per heavy atom. The molecular formula is C15H15F2NS2. The van der Waals surface area contributed by atoms with E-state index in [0.29, 0.717) is 11.4 Å². The third kappa shape index (κ3) is 3.53. The van der Waals surface area contributed by atoms with Crippen molar-refractivity contribution in [2.45, 2.75) is 28.2 Å². The zero-order valence-electron chi connectivity index (χ0n) is 11.0. The van der Waals surface area contributed by atoms with Crippen LogP contribution in [0.2, 0.25) is 0 Å². The summed E-state index contributed by atoms with van der Waals surface area (Å²) in [7, 11) is 0. The normalized spacial score (nSPS) is 10.8. The lowest BCUT2D eigenvalue weighted by molar-refractivity contribution is 0.506. The summed E-state index contributed by atoms with van der Waals surface area (Å²) in [5.41, 5.74) is 6.88. The summed E-state index contributed by atoms with van der Waals surface area (Å²) in [4.78, 5) is 2.79. The highest BCUT2D eigenvalue weighted by atomic mass is 32.2. The minimum Gasteiger partial charge on any atom is -0.326 e. The van der Waals surface area contributed by atoms with E-state index in [0.717, 1.165) is 27.2 Å². The van der Waals surface area contributed by atoms with Crippen LogP contribution in [0.5, 0.6) is 0 Å². The smallest absolute Gasteiger partial charge is 0.159 e. The van der Waals surface area contributed by atoms with Crippen molar-refractivity contribution in [3.63, 3.8) is 0 Å². The number of nitrogens with two attached hydrogens (primary N) is 1. The van der Waals surface area contributed by atoms with Crippen molar-refractivity contribution < 1.29 is 8.78 Å². The summed E-state index contributed by atoms with van der Waals surface area (Å²) in [6.45, 7) is 2.51. The van der Waals surface area contributed by atoms with Gasteiger partial charge in [0.15, 0.2) is 11.6 Å². The first-order valence-electron chi connectivity index (χ1n) is 6.23. The van der Waals surface area contributed by atoms with E-state index in [2.05, 4.69) is 6.92 Å². The second kappa shape index (κ2) is 7.11. The average molecular weight is 311 g/mol. The molecule has 2 aromatic carbocycles. The van der Waals surface area contributed by atoms with Gasteiger partial charge in [-0.05, 0) is 41.6 Å². The van der Waals surface area contributed by atoms with E-state index in [-0.39, 0.29) is 0 Å². The molecule has 0 saturated carbocycles. The molecule has 106 valence electrons. The van der Waals surface area contributed by atoms with Crippen molar-refractivity contribution in [1.29, 1.82) is 0 Å². The van der Waals surface area contributed by atoms with Crippen LogP contribution in [-0.4, -0.2) is 5.75 Å².